The van der Waals surface area contributed by atoms with Crippen LogP contribution in [0.1, 0.15) is 24.8 Å². The summed E-state index contributed by atoms with van der Waals surface area (Å²) in [5.41, 5.74) is 5.46. The lowest BCUT2D eigenvalue weighted by Gasteiger charge is -2.28. The molecule has 2 aliphatic rings. The van der Waals surface area contributed by atoms with Crippen LogP contribution in [0, 0.1) is 0 Å². The van der Waals surface area contributed by atoms with E-state index in [0.717, 1.165) is 18.7 Å². The molecule has 132 valence electrons. The van der Waals surface area contributed by atoms with Gasteiger partial charge in [-0.3, -0.25) is 15.0 Å². The highest BCUT2D eigenvalue weighted by Crippen LogP contribution is 2.23. The third kappa shape index (κ3) is 3.20. The predicted octanol–water partition coefficient (Wildman–Crippen LogP) is 3.14. The smallest absolute Gasteiger partial charge is 0.282 e. The van der Waals surface area contributed by atoms with Crippen LogP contribution in [0.2, 0.25) is 0 Å². The lowest BCUT2D eigenvalue weighted by atomic mass is 10.1. The van der Waals surface area contributed by atoms with Crippen molar-refractivity contribution in [2.75, 3.05) is 23.0 Å². The fourth-order valence-electron chi connectivity index (χ4n) is 3.42. The second-order valence-corrected chi connectivity index (χ2v) is 6.61. The van der Waals surface area contributed by atoms with Crippen LogP contribution in [0.15, 0.2) is 60.2 Å². The maximum atomic E-state index is 12.6. The van der Waals surface area contributed by atoms with Crippen LogP contribution in [-0.4, -0.2) is 24.9 Å². The Labute approximate surface area is 152 Å². The molecule has 2 saturated heterocycles. The molecule has 0 atom stereocenters. The monoisotopic (exact) mass is 347 g/mol. The van der Waals surface area contributed by atoms with Crippen LogP contribution in [0.25, 0.3) is 6.08 Å². The molecule has 5 heteroatoms. The molecule has 2 heterocycles. The van der Waals surface area contributed by atoms with Crippen LogP contribution in [0.5, 0.6) is 0 Å². The minimum atomic E-state index is -0.376. The van der Waals surface area contributed by atoms with Crippen molar-refractivity contribution in [3.8, 4) is 0 Å². The maximum absolute atomic E-state index is 12.6. The number of carbonyl (C=O) groups excluding carboxylic acids is 2. The Kier molecular flexibility index (Phi) is 4.44. The van der Waals surface area contributed by atoms with Gasteiger partial charge < -0.3 is 4.90 Å². The minimum Gasteiger partial charge on any atom is -0.372 e. The summed E-state index contributed by atoms with van der Waals surface area (Å²) in [5, 5.41) is 1.29. The number of anilines is 2. The Morgan fingerprint density at radius 1 is 0.808 bits per heavy atom. The number of nitrogens with one attached hydrogen (secondary N) is 1. The lowest BCUT2D eigenvalue weighted by molar-refractivity contribution is -0.117. The van der Waals surface area contributed by atoms with Crippen LogP contribution in [0.4, 0.5) is 11.4 Å². The molecule has 2 aromatic rings. The van der Waals surface area contributed by atoms with Crippen molar-refractivity contribution in [3.05, 3.63) is 65.7 Å². The van der Waals surface area contributed by atoms with Crippen molar-refractivity contribution >= 4 is 29.3 Å². The number of nitrogens with zero attached hydrogens (tertiary/aromatic N) is 2. The third-order valence-corrected chi connectivity index (χ3v) is 4.83. The predicted molar refractivity (Wildman–Crippen MR) is 103 cm³/mol. The van der Waals surface area contributed by atoms with Crippen molar-refractivity contribution in [3.63, 3.8) is 0 Å². The molecule has 2 fully saturated rings. The molecular weight excluding hydrogens is 326 g/mol. The molecule has 0 spiro atoms. The molecule has 0 radical (unpaired) electrons. The van der Waals surface area contributed by atoms with Gasteiger partial charge >= 0.3 is 0 Å². The summed E-state index contributed by atoms with van der Waals surface area (Å²) in [6.45, 7) is 2.18. The zero-order chi connectivity index (χ0) is 17.9. The van der Waals surface area contributed by atoms with Crippen molar-refractivity contribution in [2.24, 2.45) is 0 Å². The number of benzene rings is 2. The van der Waals surface area contributed by atoms with E-state index in [-0.39, 0.29) is 17.4 Å². The Bertz CT molecular complexity index is 837. The van der Waals surface area contributed by atoms with E-state index in [1.807, 2.05) is 30.3 Å². The largest absolute Gasteiger partial charge is 0.372 e. The highest BCUT2D eigenvalue weighted by molar-refractivity contribution is 6.31. The zero-order valence-corrected chi connectivity index (χ0v) is 14.5. The minimum absolute atomic E-state index is 0.152. The normalized spacial score (nSPS) is 19.2. The summed E-state index contributed by atoms with van der Waals surface area (Å²) in [6.07, 6.45) is 5.42. The number of amides is 2. The molecule has 0 aromatic heterocycles. The van der Waals surface area contributed by atoms with Crippen LogP contribution >= 0.6 is 0 Å². The van der Waals surface area contributed by atoms with E-state index in [1.54, 1.807) is 18.2 Å². The fourth-order valence-corrected chi connectivity index (χ4v) is 3.42. The van der Waals surface area contributed by atoms with Gasteiger partial charge in [-0.1, -0.05) is 30.3 Å². The Hall–Kier alpha value is -3.08. The van der Waals surface area contributed by atoms with Gasteiger partial charge in [0, 0.05) is 18.8 Å². The average molecular weight is 347 g/mol. The Morgan fingerprint density at radius 3 is 2.19 bits per heavy atom. The van der Waals surface area contributed by atoms with Crippen LogP contribution in [0.3, 0.4) is 0 Å². The first-order chi connectivity index (χ1) is 12.7. The molecular formula is C21H21N3O2. The third-order valence-electron chi connectivity index (χ3n) is 4.83. The van der Waals surface area contributed by atoms with Gasteiger partial charge in [-0.25, -0.2) is 5.01 Å². The maximum Gasteiger partial charge on any atom is 0.282 e. The number of piperidine rings is 1. The second kappa shape index (κ2) is 7.04. The summed E-state index contributed by atoms with van der Waals surface area (Å²) >= 11 is 0. The molecule has 0 unspecified atom stereocenters. The molecule has 0 bridgehead atoms. The van der Waals surface area contributed by atoms with E-state index in [1.165, 1.54) is 30.0 Å². The molecule has 26 heavy (non-hydrogen) atoms. The second-order valence-electron chi connectivity index (χ2n) is 6.61. The van der Waals surface area contributed by atoms with Crippen LogP contribution < -0.4 is 15.3 Å². The number of hydrogen-bond acceptors (Lipinski definition) is 3. The van der Waals surface area contributed by atoms with Gasteiger partial charge in [0.15, 0.2) is 0 Å². The first-order valence-electron chi connectivity index (χ1n) is 8.99. The van der Waals surface area contributed by atoms with E-state index in [4.69, 9.17) is 0 Å². The highest BCUT2D eigenvalue weighted by Gasteiger charge is 2.34. The van der Waals surface area contributed by atoms with Gasteiger partial charge in [0.05, 0.1) is 5.69 Å². The van der Waals surface area contributed by atoms with E-state index >= 15 is 0 Å². The van der Waals surface area contributed by atoms with Gasteiger partial charge in [-0.15, -0.1) is 0 Å². The number of hydrogen-bond donors (Lipinski definition) is 1. The quantitative estimate of drug-likeness (QED) is 0.685. The summed E-state index contributed by atoms with van der Waals surface area (Å²) in [6, 6.07) is 17.1. The van der Waals surface area contributed by atoms with Crippen molar-refractivity contribution in [1.82, 2.24) is 5.43 Å². The first kappa shape index (κ1) is 16.4. The number of para-hydroxylation sites is 1. The SMILES string of the molecule is O=C1NN(c2ccccc2)C(=O)/C1=C\c1ccc(N2CCCCC2)cc1. The van der Waals surface area contributed by atoms with Crippen molar-refractivity contribution in [1.29, 1.82) is 0 Å². The van der Waals surface area contributed by atoms with Gasteiger partial charge in [-0.05, 0) is 55.2 Å². The number of hydrazine groups is 1. The summed E-state index contributed by atoms with van der Waals surface area (Å²) in [4.78, 5) is 27.2. The summed E-state index contributed by atoms with van der Waals surface area (Å²) < 4.78 is 0. The first-order valence-corrected chi connectivity index (χ1v) is 8.99. The van der Waals surface area contributed by atoms with Crippen molar-refractivity contribution in [2.45, 2.75) is 19.3 Å². The number of carbonyl (C=O) groups is 2. The molecule has 2 amide bonds. The van der Waals surface area contributed by atoms with Gasteiger partial charge in [-0.2, -0.15) is 0 Å². The van der Waals surface area contributed by atoms with E-state index < -0.39 is 0 Å². The molecule has 2 aromatic carbocycles. The van der Waals surface area contributed by atoms with Gasteiger partial charge in [0.2, 0.25) is 0 Å². The lowest BCUT2D eigenvalue weighted by Crippen LogP contribution is -2.35. The highest BCUT2D eigenvalue weighted by atomic mass is 16.2. The van der Waals surface area contributed by atoms with Gasteiger partial charge in [0.1, 0.15) is 5.57 Å². The van der Waals surface area contributed by atoms with Gasteiger partial charge in [0.25, 0.3) is 11.8 Å². The average Bonchev–Trinajstić information content (AvgIpc) is 2.98. The molecule has 4 rings (SSSR count). The Morgan fingerprint density at radius 2 is 1.50 bits per heavy atom. The zero-order valence-electron chi connectivity index (χ0n) is 14.5. The van der Waals surface area contributed by atoms with Crippen LogP contribution in [-0.2, 0) is 9.59 Å². The number of rotatable bonds is 3. The van der Waals surface area contributed by atoms with E-state index in [0.29, 0.717) is 5.69 Å². The Balaban J connectivity index is 1.54. The molecule has 5 nitrogen and oxygen atoms in total. The molecule has 1 N–H and O–H groups in total. The summed E-state index contributed by atoms with van der Waals surface area (Å²) in [7, 11) is 0. The van der Waals surface area contributed by atoms with E-state index in [9.17, 15) is 9.59 Å². The molecule has 0 saturated carbocycles. The summed E-state index contributed by atoms with van der Waals surface area (Å²) in [5.74, 6) is -0.708. The fraction of sp³-hybridized carbons (Fsp3) is 0.238. The molecule has 2 aliphatic heterocycles. The van der Waals surface area contributed by atoms with E-state index in [2.05, 4.69) is 22.5 Å². The topological polar surface area (TPSA) is 52.7 Å². The standard InChI is InChI=1S/C21H21N3O2/c25-20-19(21(26)24(22-20)18-7-3-1-4-8-18)15-16-9-11-17(12-10-16)23-13-5-2-6-14-23/h1,3-4,7-12,15H,2,5-6,13-14H2,(H,22,25)/b19-15-. The molecule has 0 aliphatic carbocycles. The van der Waals surface area contributed by atoms with Crippen molar-refractivity contribution < 1.29 is 9.59 Å².